The zero-order valence-electron chi connectivity index (χ0n) is 12.8. The summed E-state index contributed by atoms with van der Waals surface area (Å²) in [6.45, 7) is 5.48. The number of ketones is 1. The number of unbranched alkanes of at least 4 members (excludes halogenated alkanes) is 1. The summed E-state index contributed by atoms with van der Waals surface area (Å²) in [5.74, 6) is -0.147. The Hall–Kier alpha value is -1.88. The molecule has 0 spiro atoms. The lowest BCUT2D eigenvalue weighted by atomic mass is 10.1. The maximum absolute atomic E-state index is 12.1. The first-order valence-electron chi connectivity index (χ1n) is 7.27. The Morgan fingerprint density at radius 1 is 1.27 bits per heavy atom. The predicted octanol–water partition coefficient (Wildman–Crippen LogP) is 4.40. The summed E-state index contributed by atoms with van der Waals surface area (Å²) in [7, 11) is 0. The molecule has 118 valence electrons. The molecule has 22 heavy (non-hydrogen) atoms. The van der Waals surface area contributed by atoms with Crippen LogP contribution in [0, 0.1) is 0 Å². The third kappa shape index (κ3) is 7.22. The fourth-order valence-electron chi connectivity index (χ4n) is 1.84. The van der Waals surface area contributed by atoms with Gasteiger partial charge in [0.15, 0.2) is 10.8 Å². The Labute approximate surface area is 135 Å². The van der Waals surface area contributed by atoms with Crippen LogP contribution in [0.3, 0.4) is 0 Å². The third-order valence-electron chi connectivity index (χ3n) is 2.86. The molecule has 0 aromatic heterocycles. The smallest absolute Gasteiger partial charge is 0.434 e. The van der Waals surface area contributed by atoms with Gasteiger partial charge in [-0.15, -0.1) is 0 Å². The SMILES string of the molecule is C=CSC(=NC(=O)OCC)C(=O)CCCCc1ccccc1. The quantitative estimate of drug-likeness (QED) is 0.405. The third-order valence-corrected chi connectivity index (χ3v) is 3.57. The minimum atomic E-state index is -0.732. The highest BCUT2D eigenvalue weighted by molar-refractivity contribution is 8.18. The van der Waals surface area contributed by atoms with Gasteiger partial charge in [0.1, 0.15) is 0 Å². The summed E-state index contributed by atoms with van der Waals surface area (Å²) < 4.78 is 4.73. The molecule has 1 amide bonds. The van der Waals surface area contributed by atoms with E-state index in [1.807, 2.05) is 18.2 Å². The van der Waals surface area contributed by atoms with Gasteiger partial charge in [-0.05, 0) is 37.2 Å². The van der Waals surface area contributed by atoms with Crippen LogP contribution in [-0.2, 0) is 16.0 Å². The molecule has 5 heteroatoms. The molecular formula is C17H21NO3S. The first-order valence-corrected chi connectivity index (χ1v) is 8.15. The van der Waals surface area contributed by atoms with Crippen molar-refractivity contribution in [2.24, 2.45) is 4.99 Å². The zero-order chi connectivity index (χ0) is 16.2. The molecule has 0 saturated carbocycles. The van der Waals surface area contributed by atoms with E-state index in [9.17, 15) is 9.59 Å². The van der Waals surface area contributed by atoms with E-state index in [-0.39, 0.29) is 17.4 Å². The van der Waals surface area contributed by atoms with Crippen LogP contribution in [0.2, 0.25) is 0 Å². The molecule has 0 fully saturated rings. The number of nitrogens with zero attached hydrogens (tertiary/aromatic N) is 1. The van der Waals surface area contributed by atoms with Crippen molar-refractivity contribution in [2.45, 2.75) is 32.6 Å². The minimum absolute atomic E-state index is 0.146. The summed E-state index contributed by atoms with van der Waals surface area (Å²) in [5.41, 5.74) is 1.26. The van der Waals surface area contributed by atoms with Gasteiger partial charge in [-0.2, -0.15) is 4.99 Å². The Kier molecular flexibility index (Phi) is 8.91. The molecule has 0 aliphatic rings. The number of Topliss-reactive ketones (excluding diaryl/α,β-unsaturated/α-hetero) is 1. The number of amides is 1. The van der Waals surface area contributed by atoms with Crippen molar-refractivity contribution < 1.29 is 14.3 Å². The van der Waals surface area contributed by atoms with E-state index in [0.29, 0.717) is 6.42 Å². The summed E-state index contributed by atoms with van der Waals surface area (Å²) in [4.78, 5) is 27.1. The lowest BCUT2D eigenvalue weighted by Crippen LogP contribution is -2.13. The van der Waals surface area contributed by atoms with Gasteiger partial charge in [-0.3, -0.25) is 4.79 Å². The van der Waals surface area contributed by atoms with E-state index in [1.165, 1.54) is 11.0 Å². The summed E-state index contributed by atoms with van der Waals surface area (Å²) in [5, 5.41) is 1.63. The zero-order valence-corrected chi connectivity index (χ0v) is 13.6. The first-order chi connectivity index (χ1) is 10.7. The second kappa shape index (κ2) is 10.8. The van der Waals surface area contributed by atoms with E-state index in [0.717, 1.165) is 31.0 Å². The van der Waals surface area contributed by atoms with Crippen molar-refractivity contribution in [3.8, 4) is 0 Å². The van der Waals surface area contributed by atoms with E-state index < -0.39 is 6.09 Å². The monoisotopic (exact) mass is 319 g/mol. The Balaban J connectivity index is 2.43. The van der Waals surface area contributed by atoms with Gasteiger partial charge in [0.05, 0.1) is 6.61 Å². The number of aliphatic imine (C=N–C) groups is 1. The van der Waals surface area contributed by atoms with Crippen molar-refractivity contribution in [2.75, 3.05) is 6.61 Å². The van der Waals surface area contributed by atoms with Crippen molar-refractivity contribution in [3.63, 3.8) is 0 Å². The molecule has 0 saturated heterocycles. The van der Waals surface area contributed by atoms with Crippen LogP contribution in [0.15, 0.2) is 47.3 Å². The number of aryl methyl sites for hydroxylation is 1. The van der Waals surface area contributed by atoms with Gasteiger partial charge in [-0.25, -0.2) is 4.79 Å². The lowest BCUT2D eigenvalue weighted by molar-refractivity contribution is -0.112. The highest BCUT2D eigenvalue weighted by Crippen LogP contribution is 2.12. The number of carbonyl (C=O) groups is 2. The van der Waals surface area contributed by atoms with Crippen molar-refractivity contribution in [1.29, 1.82) is 0 Å². The lowest BCUT2D eigenvalue weighted by Gasteiger charge is -2.04. The molecule has 0 aliphatic carbocycles. The number of carbonyl (C=O) groups excluding carboxylic acids is 2. The maximum Gasteiger partial charge on any atom is 0.434 e. The van der Waals surface area contributed by atoms with Crippen LogP contribution < -0.4 is 0 Å². The standard InChI is InChI=1S/C17H21NO3S/c1-3-21-17(20)18-16(22-4-2)15(19)13-9-8-12-14-10-6-5-7-11-14/h4-7,10-11H,2-3,8-9,12-13H2,1H3. The minimum Gasteiger partial charge on any atom is -0.448 e. The van der Waals surface area contributed by atoms with E-state index in [2.05, 4.69) is 23.7 Å². The largest absolute Gasteiger partial charge is 0.448 e. The Bertz CT molecular complexity index is 526. The van der Waals surface area contributed by atoms with Gasteiger partial charge in [0.2, 0.25) is 0 Å². The van der Waals surface area contributed by atoms with Crippen LogP contribution in [0.5, 0.6) is 0 Å². The predicted molar refractivity (Wildman–Crippen MR) is 91.2 cm³/mol. The van der Waals surface area contributed by atoms with Gasteiger partial charge < -0.3 is 4.74 Å². The summed E-state index contributed by atoms with van der Waals surface area (Å²) >= 11 is 1.06. The topological polar surface area (TPSA) is 55.7 Å². The van der Waals surface area contributed by atoms with Crippen LogP contribution >= 0.6 is 11.8 Å². The molecule has 0 aliphatic heterocycles. The fourth-order valence-corrected chi connectivity index (χ4v) is 2.36. The molecule has 1 rings (SSSR count). The molecular weight excluding hydrogens is 298 g/mol. The Morgan fingerprint density at radius 2 is 2.00 bits per heavy atom. The molecule has 0 radical (unpaired) electrons. The van der Waals surface area contributed by atoms with E-state index >= 15 is 0 Å². The number of thioether (sulfide) groups is 1. The van der Waals surface area contributed by atoms with Gasteiger partial charge in [0, 0.05) is 6.42 Å². The van der Waals surface area contributed by atoms with Crippen LogP contribution in [0.1, 0.15) is 31.7 Å². The molecule has 0 heterocycles. The van der Waals surface area contributed by atoms with Crippen LogP contribution in [0.4, 0.5) is 4.79 Å². The number of rotatable bonds is 8. The number of hydrogen-bond donors (Lipinski definition) is 0. The summed E-state index contributed by atoms with van der Waals surface area (Å²) in [6.07, 6.45) is 2.25. The molecule has 1 aromatic carbocycles. The molecule has 4 nitrogen and oxygen atoms in total. The normalized spacial score (nSPS) is 11.0. The van der Waals surface area contributed by atoms with Crippen molar-refractivity contribution >= 4 is 28.7 Å². The molecule has 0 N–H and O–H groups in total. The fraction of sp³-hybridized carbons (Fsp3) is 0.353. The van der Waals surface area contributed by atoms with E-state index in [1.54, 1.807) is 6.92 Å². The molecule has 0 unspecified atom stereocenters. The second-order valence-electron chi connectivity index (χ2n) is 4.52. The average Bonchev–Trinajstić information content (AvgIpc) is 2.52. The number of ether oxygens (including phenoxy) is 1. The maximum atomic E-state index is 12.1. The van der Waals surface area contributed by atoms with E-state index in [4.69, 9.17) is 4.74 Å². The van der Waals surface area contributed by atoms with Crippen LogP contribution in [-0.4, -0.2) is 23.5 Å². The average molecular weight is 319 g/mol. The first kappa shape index (κ1) is 18.2. The highest BCUT2D eigenvalue weighted by atomic mass is 32.2. The van der Waals surface area contributed by atoms with Crippen LogP contribution in [0.25, 0.3) is 0 Å². The number of benzene rings is 1. The molecule has 1 aromatic rings. The van der Waals surface area contributed by atoms with Crippen molar-refractivity contribution in [1.82, 2.24) is 0 Å². The molecule has 0 atom stereocenters. The molecule has 0 bridgehead atoms. The number of hydrogen-bond acceptors (Lipinski definition) is 4. The summed E-state index contributed by atoms with van der Waals surface area (Å²) in [6, 6.07) is 10.1. The Morgan fingerprint density at radius 3 is 2.64 bits per heavy atom. The van der Waals surface area contributed by atoms with Gasteiger partial charge in [-0.1, -0.05) is 48.7 Å². The van der Waals surface area contributed by atoms with Gasteiger partial charge >= 0.3 is 6.09 Å². The van der Waals surface area contributed by atoms with Crippen molar-refractivity contribution in [3.05, 3.63) is 47.9 Å². The van der Waals surface area contributed by atoms with Gasteiger partial charge in [0.25, 0.3) is 0 Å². The second-order valence-corrected chi connectivity index (χ2v) is 5.47. The highest BCUT2D eigenvalue weighted by Gasteiger charge is 2.13.